The first kappa shape index (κ1) is 16.1. The molecule has 0 saturated carbocycles. The van der Waals surface area contributed by atoms with Gasteiger partial charge >= 0.3 is 0 Å². The number of fused-ring (bicyclic) bond motifs is 1. The number of rotatable bonds is 6. The highest BCUT2D eigenvalue weighted by Gasteiger charge is 2.14. The third kappa shape index (κ3) is 3.64. The molecule has 1 aliphatic heterocycles. The van der Waals surface area contributed by atoms with Crippen molar-refractivity contribution in [2.24, 2.45) is 0 Å². The van der Waals surface area contributed by atoms with Crippen molar-refractivity contribution >= 4 is 5.91 Å². The summed E-state index contributed by atoms with van der Waals surface area (Å²) in [6, 6.07) is 11.0. The van der Waals surface area contributed by atoms with Gasteiger partial charge in [0.1, 0.15) is 5.69 Å². The third-order valence-corrected chi connectivity index (χ3v) is 3.84. The number of pyridine rings is 1. The van der Waals surface area contributed by atoms with E-state index in [4.69, 9.17) is 13.9 Å². The smallest absolute Gasteiger partial charge is 0.266 e. The minimum atomic E-state index is -0.0970. The Morgan fingerprint density at radius 3 is 2.92 bits per heavy atom. The molecular formula is C18H16N4O4. The molecule has 3 heterocycles. The number of benzene rings is 1. The van der Waals surface area contributed by atoms with E-state index in [2.05, 4.69) is 20.5 Å². The number of carbonyl (C=O) groups is 1. The van der Waals surface area contributed by atoms with Gasteiger partial charge in [0.25, 0.3) is 5.89 Å². The molecule has 1 aliphatic rings. The molecule has 0 unspecified atom stereocenters. The fourth-order valence-electron chi connectivity index (χ4n) is 2.51. The summed E-state index contributed by atoms with van der Waals surface area (Å²) in [5.74, 6) is 2.08. The van der Waals surface area contributed by atoms with Gasteiger partial charge in [-0.3, -0.25) is 9.78 Å². The van der Waals surface area contributed by atoms with E-state index in [9.17, 15) is 4.79 Å². The number of nitrogens with zero attached hydrogens (tertiary/aromatic N) is 3. The summed E-state index contributed by atoms with van der Waals surface area (Å²) in [6.07, 6.45) is 2.28. The molecule has 8 heteroatoms. The highest BCUT2D eigenvalue weighted by molar-refractivity contribution is 5.76. The van der Waals surface area contributed by atoms with Gasteiger partial charge in [-0.25, -0.2) is 0 Å². The van der Waals surface area contributed by atoms with E-state index in [0.29, 0.717) is 36.2 Å². The summed E-state index contributed by atoms with van der Waals surface area (Å²) < 4.78 is 16.1. The molecule has 132 valence electrons. The monoisotopic (exact) mass is 352 g/mol. The van der Waals surface area contributed by atoms with Gasteiger partial charge in [-0.15, -0.1) is 10.2 Å². The zero-order valence-corrected chi connectivity index (χ0v) is 13.8. The molecule has 1 N–H and O–H groups in total. The van der Waals surface area contributed by atoms with Crippen LogP contribution < -0.4 is 14.8 Å². The molecule has 3 aromatic rings. The molecule has 1 aromatic carbocycles. The van der Waals surface area contributed by atoms with E-state index < -0.39 is 0 Å². The number of amides is 1. The van der Waals surface area contributed by atoms with Crippen molar-refractivity contribution in [3.8, 4) is 23.1 Å². The fourth-order valence-corrected chi connectivity index (χ4v) is 2.51. The normalized spacial score (nSPS) is 12.2. The Kier molecular flexibility index (Phi) is 4.46. The summed E-state index contributed by atoms with van der Waals surface area (Å²) in [6.45, 7) is 0.647. The lowest BCUT2D eigenvalue weighted by atomic mass is 10.2. The first-order valence-electron chi connectivity index (χ1n) is 8.17. The standard InChI is InChI=1S/C18H16N4O4/c23-16(20-10-12-4-5-14-15(9-12)25-11-24-14)6-7-17-21-22-18(26-17)13-3-1-2-8-19-13/h1-5,8-9H,6-7,10-11H2,(H,20,23). The van der Waals surface area contributed by atoms with Crippen LogP contribution in [0.25, 0.3) is 11.6 Å². The summed E-state index contributed by atoms with van der Waals surface area (Å²) in [4.78, 5) is 16.2. The zero-order valence-electron chi connectivity index (χ0n) is 13.8. The van der Waals surface area contributed by atoms with Crippen LogP contribution in [0, 0.1) is 0 Å². The van der Waals surface area contributed by atoms with Gasteiger partial charge < -0.3 is 19.2 Å². The Morgan fingerprint density at radius 1 is 1.12 bits per heavy atom. The Labute approximate surface area is 149 Å². The third-order valence-electron chi connectivity index (χ3n) is 3.84. The van der Waals surface area contributed by atoms with Crippen molar-refractivity contribution in [3.63, 3.8) is 0 Å². The van der Waals surface area contributed by atoms with E-state index in [1.807, 2.05) is 30.3 Å². The van der Waals surface area contributed by atoms with Crippen LogP contribution >= 0.6 is 0 Å². The number of nitrogens with one attached hydrogen (secondary N) is 1. The number of aromatic nitrogens is 3. The van der Waals surface area contributed by atoms with Gasteiger partial charge in [0.05, 0.1) is 0 Å². The van der Waals surface area contributed by atoms with Crippen LogP contribution in [0.2, 0.25) is 0 Å². The van der Waals surface area contributed by atoms with Crippen molar-refractivity contribution in [1.29, 1.82) is 0 Å². The molecule has 26 heavy (non-hydrogen) atoms. The summed E-state index contributed by atoms with van der Waals surface area (Å²) in [7, 11) is 0. The van der Waals surface area contributed by atoms with Crippen molar-refractivity contribution in [2.45, 2.75) is 19.4 Å². The highest BCUT2D eigenvalue weighted by Crippen LogP contribution is 2.32. The van der Waals surface area contributed by atoms with Gasteiger partial charge in [0, 0.05) is 25.6 Å². The van der Waals surface area contributed by atoms with E-state index >= 15 is 0 Å². The second-order valence-corrected chi connectivity index (χ2v) is 5.68. The molecule has 8 nitrogen and oxygen atoms in total. The highest BCUT2D eigenvalue weighted by atomic mass is 16.7. The van der Waals surface area contributed by atoms with E-state index in [0.717, 1.165) is 11.3 Å². The lowest BCUT2D eigenvalue weighted by molar-refractivity contribution is -0.121. The molecule has 0 saturated heterocycles. The largest absolute Gasteiger partial charge is 0.454 e. The molecule has 0 atom stereocenters. The zero-order chi connectivity index (χ0) is 17.8. The van der Waals surface area contributed by atoms with E-state index in [1.165, 1.54) is 0 Å². The Hall–Kier alpha value is -3.42. The quantitative estimate of drug-likeness (QED) is 0.725. The van der Waals surface area contributed by atoms with E-state index in [1.54, 1.807) is 12.3 Å². The molecule has 0 spiro atoms. The number of hydrogen-bond donors (Lipinski definition) is 1. The van der Waals surface area contributed by atoms with E-state index in [-0.39, 0.29) is 19.1 Å². The van der Waals surface area contributed by atoms with Gasteiger partial charge in [0.2, 0.25) is 18.6 Å². The predicted molar refractivity (Wildman–Crippen MR) is 90.3 cm³/mol. The topological polar surface area (TPSA) is 99.4 Å². The van der Waals surface area contributed by atoms with Crippen molar-refractivity contribution in [3.05, 3.63) is 54.0 Å². The van der Waals surface area contributed by atoms with Crippen LogP contribution in [0.5, 0.6) is 11.5 Å². The first-order valence-corrected chi connectivity index (χ1v) is 8.17. The van der Waals surface area contributed by atoms with Gasteiger partial charge in [0.15, 0.2) is 11.5 Å². The predicted octanol–water partition coefficient (Wildman–Crippen LogP) is 2.11. The van der Waals surface area contributed by atoms with Gasteiger partial charge in [-0.2, -0.15) is 0 Å². The molecular weight excluding hydrogens is 336 g/mol. The Bertz CT molecular complexity index is 911. The maximum Gasteiger partial charge on any atom is 0.266 e. The van der Waals surface area contributed by atoms with Crippen LogP contribution in [-0.4, -0.2) is 27.9 Å². The van der Waals surface area contributed by atoms with Crippen LogP contribution in [0.4, 0.5) is 0 Å². The number of ether oxygens (including phenoxy) is 2. The fraction of sp³-hybridized carbons (Fsp3) is 0.222. The molecule has 0 fully saturated rings. The summed E-state index contributed by atoms with van der Waals surface area (Å²) in [5, 5.41) is 10.8. The first-order chi connectivity index (χ1) is 12.8. The Balaban J connectivity index is 1.27. The molecule has 0 bridgehead atoms. The molecule has 2 aromatic heterocycles. The lowest BCUT2D eigenvalue weighted by Gasteiger charge is -2.05. The number of hydrogen-bond acceptors (Lipinski definition) is 7. The maximum absolute atomic E-state index is 12.0. The molecule has 0 radical (unpaired) electrons. The SMILES string of the molecule is O=C(CCc1nnc(-c2ccccn2)o1)NCc1ccc2c(c1)OCO2. The maximum atomic E-state index is 12.0. The average molecular weight is 352 g/mol. The Morgan fingerprint density at radius 2 is 2.04 bits per heavy atom. The second kappa shape index (κ2) is 7.22. The van der Waals surface area contributed by atoms with Gasteiger partial charge in [-0.1, -0.05) is 12.1 Å². The number of carbonyl (C=O) groups excluding carboxylic acids is 1. The second-order valence-electron chi connectivity index (χ2n) is 5.68. The minimum absolute atomic E-state index is 0.0970. The van der Waals surface area contributed by atoms with Crippen LogP contribution in [0.3, 0.4) is 0 Å². The minimum Gasteiger partial charge on any atom is -0.454 e. The van der Waals surface area contributed by atoms with Crippen molar-refractivity contribution < 1.29 is 18.7 Å². The number of aryl methyl sites for hydroxylation is 1. The molecule has 4 rings (SSSR count). The van der Waals surface area contributed by atoms with Crippen molar-refractivity contribution in [1.82, 2.24) is 20.5 Å². The van der Waals surface area contributed by atoms with Crippen molar-refractivity contribution in [2.75, 3.05) is 6.79 Å². The molecule has 1 amide bonds. The van der Waals surface area contributed by atoms with Gasteiger partial charge in [-0.05, 0) is 29.8 Å². The summed E-state index contributed by atoms with van der Waals surface area (Å²) in [5.41, 5.74) is 1.55. The summed E-state index contributed by atoms with van der Waals surface area (Å²) >= 11 is 0. The average Bonchev–Trinajstić information content (AvgIpc) is 3.34. The van der Waals surface area contributed by atoms with Crippen LogP contribution in [-0.2, 0) is 17.8 Å². The molecule has 0 aliphatic carbocycles. The lowest BCUT2D eigenvalue weighted by Crippen LogP contribution is -2.23. The van der Waals surface area contributed by atoms with Crippen LogP contribution in [0.15, 0.2) is 47.0 Å². The van der Waals surface area contributed by atoms with Crippen LogP contribution in [0.1, 0.15) is 17.9 Å².